The summed E-state index contributed by atoms with van der Waals surface area (Å²) in [6.07, 6.45) is 35.7. The Morgan fingerprint density at radius 2 is 0.761 bits per heavy atom. The van der Waals surface area contributed by atoms with Crippen LogP contribution >= 0.6 is 0 Å². The number of rotatable bonds is 12. The third kappa shape index (κ3) is 14.3. The average Bonchev–Trinajstić information content (AvgIpc) is 3.19. The Kier molecular flexibility index (Phi) is 21.7. The highest BCUT2D eigenvalue weighted by atomic mass is 15.3. The van der Waals surface area contributed by atoms with Crippen LogP contribution in [0.3, 0.4) is 0 Å². The lowest BCUT2D eigenvalue weighted by molar-refractivity contribution is -0.147. The highest BCUT2D eigenvalue weighted by molar-refractivity contribution is 5.09. The molecule has 10 saturated carbocycles. The van der Waals surface area contributed by atoms with Crippen molar-refractivity contribution in [2.24, 2.45) is 46.3 Å². The minimum atomic E-state index is 0.594. The Labute approximate surface area is 421 Å². The lowest BCUT2D eigenvalue weighted by Gasteiger charge is -2.64. The number of hydrogen-bond acceptors (Lipinski definition) is 4. The Balaban J connectivity index is 0.000000168. The van der Waals surface area contributed by atoms with E-state index in [1.165, 1.54) is 135 Å². The average molecular weight is 936 g/mol. The highest BCUT2D eigenvalue weighted by Crippen LogP contribution is 2.62. The predicted octanol–water partition coefficient (Wildman–Crippen LogP) is 17.5. The first-order valence-corrected chi connectivity index (χ1v) is 30.5. The van der Waals surface area contributed by atoms with E-state index in [0.29, 0.717) is 59.3 Å². The van der Waals surface area contributed by atoms with Crippen LogP contribution in [-0.2, 0) is 0 Å². The molecule has 4 nitrogen and oxygen atoms in total. The van der Waals surface area contributed by atoms with E-state index in [1.807, 2.05) is 0 Å². The van der Waals surface area contributed by atoms with E-state index in [0.717, 1.165) is 59.0 Å². The molecule has 0 aromatic rings. The molecule has 0 amide bonds. The van der Waals surface area contributed by atoms with Gasteiger partial charge in [0.2, 0.25) is 0 Å². The fraction of sp³-hybridized carbons (Fsp3) is 1.00. The van der Waals surface area contributed by atoms with Crippen LogP contribution in [0.5, 0.6) is 0 Å². The molecule has 0 radical (unpaired) electrons. The van der Waals surface area contributed by atoms with Crippen molar-refractivity contribution < 1.29 is 0 Å². The molecular weight excluding hydrogens is 813 g/mol. The molecule has 0 heterocycles. The topological polar surface area (TPSA) is 13.0 Å². The zero-order chi connectivity index (χ0) is 49.6. The minimum absolute atomic E-state index is 0.594. The van der Waals surface area contributed by atoms with Gasteiger partial charge in [-0.05, 0) is 260 Å². The summed E-state index contributed by atoms with van der Waals surface area (Å²) in [7, 11) is 0. The first-order valence-electron chi connectivity index (χ1n) is 30.5. The van der Waals surface area contributed by atoms with Gasteiger partial charge in [0, 0.05) is 72.0 Å². The summed E-state index contributed by atoms with van der Waals surface area (Å²) in [4.78, 5) is 11.1. The van der Waals surface area contributed by atoms with E-state index >= 15 is 0 Å². The third-order valence-corrected chi connectivity index (χ3v) is 20.8. The van der Waals surface area contributed by atoms with Crippen molar-refractivity contribution in [1.82, 2.24) is 19.6 Å². The first-order chi connectivity index (χ1) is 31.4. The third-order valence-electron chi connectivity index (χ3n) is 20.8. The summed E-state index contributed by atoms with van der Waals surface area (Å²) in [5, 5.41) is 0. The summed E-state index contributed by atoms with van der Waals surface area (Å²) in [6, 6.07) is 8.15. The summed E-state index contributed by atoms with van der Waals surface area (Å²) in [5.41, 5.74) is 1.99. The molecule has 6 bridgehead atoms. The van der Waals surface area contributed by atoms with E-state index < -0.39 is 0 Å². The van der Waals surface area contributed by atoms with E-state index in [9.17, 15) is 0 Å². The van der Waals surface area contributed by atoms with Crippen LogP contribution in [-0.4, -0.2) is 91.6 Å². The lowest BCUT2D eigenvalue weighted by atomic mass is 9.44. The smallest absolute Gasteiger partial charge is 0.0222 e. The highest BCUT2D eigenvalue weighted by Gasteiger charge is 2.58. The second-order valence-corrected chi connectivity index (χ2v) is 28.5. The summed E-state index contributed by atoms with van der Waals surface area (Å²) in [5.74, 6) is 6.03. The number of hydrogen-bond donors (Lipinski definition) is 0. The van der Waals surface area contributed by atoms with Gasteiger partial charge in [-0.25, -0.2) is 0 Å². The molecule has 4 heteroatoms. The van der Waals surface area contributed by atoms with Crippen LogP contribution < -0.4 is 0 Å². The van der Waals surface area contributed by atoms with E-state index in [1.54, 1.807) is 19.3 Å². The van der Waals surface area contributed by atoms with Gasteiger partial charge in [-0.1, -0.05) is 72.1 Å². The molecule has 10 aliphatic carbocycles. The van der Waals surface area contributed by atoms with Crippen LogP contribution in [0, 0.1) is 46.3 Å². The van der Waals surface area contributed by atoms with E-state index in [-0.39, 0.29) is 0 Å². The molecule has 0 aliphatic heterocycles. The van der Waals surface area contributed by atoms with Crippen LogP contribution in [0.15, 0.2) is 0 Å². The van der Waals surface area contributed by atoms with Gasteiger partial charge in [0.15, 0.2) is 0 Å². The molecular formula is C63H122N4. The molecule has 67 heavy (non-hydrogen) atoms. The molecule has 394 valence electrons. The largest absolute Gasteiger partial charge is 0.296 e. The fourth-order valence-corrected chi connectivity index (χ4v) is 18.9. The number of fused-ring (bicyclic) bond motifs is 2. The summed E-state index contributed by atoms with van der Waals surface area (Å²) >= 11 is 0. The SMILES string of the molecule is CC(C)N(C(C)C)C12CC3CC(CC(C3)C1)C2.CC(C)N(C(C)C)C1CCC2(CCCCC2)CC1.CC(C)N(C(C)C)C1CCCCCCC1.CC(C)N(C(C)C)[C@@H]1CC2C[C@H]([C@H]1C)C2(C)C. The van der Waals surface area contributed by atoms with Crippen molar-refractivity contribution in [3.05, 3.63) is 0 Å². The Morgan fingerprint density at radius 3 is 1.12 bits per heavy atom. The molecule has 0 aromatic carbocycles. The van der Waals surface area contributed by atoms with E-state index in [4.69, 9.17) is 0 Å². The maximum absolute atomic E-state index is 2.87. The van der Waals surface area contributed by atoms with Gasteiger partial charge in [0.1, 0.15) is 0 Å². The second kappa shape index (κ2) is 25.2. The Morgan fingerprint density at radius 1 is 0.388 bits per heavy atom. The second-order valence-electron chi connectivity index (χ2n) is 28.5. The fourth-order valence-electron chi connectivity index (χ4n) is 18.9. The van der Waals surface area contributed by atoms with Gasteiger partial charge in [-0.15, -0.1) is 0 Å². The van der Waals surface area contributed by atoms with Crippen LogP contribution in [0.25, 0.3) is 0 Å². The first kappa shape index (κ1) is 57.7. The van der Waals surface area contributed by atoms with Crippen molar-refractivity contribution in [2.75, 3.05) is 0 Å². The molecule has 1 unspecified atom stereocenters. The minimum Gasteiger partial charge on any atom is -0.296 e. The van der Waals surface area contributed by atoms with Gasteiger partial charge in [0.05, 0.1) is 0 Å². The molecule has 10 aliphatic rings. The number of nitrogens with zero attached hydrogens (tertiary/aromatic N) is 4. The molecule has 10 rings (SSSR count). The summed E-state index contributed by atoms with van der Waals surface area (Å²) in [6.45, 7) is 45.4. The predicted molar refractivity (Wildman–Crippen MR) is 296 cm³/mol. The molecule has 0 N–H and O–H groups in total. The standard InChI is InChI=1S/C17H33N.C16H29N.C16H31N.C14H29N/c1-14(2)18(15(3)4)16-8-12-17(13-9-16)10-6-5-7-11-17;1-11(2)17(12(3)4)16-8-13-5-14(9-16)7-15(6-13)10-16;1-10(2)17(11(3)4)15-9-13-8-14(12(15)5)16(13,6)7;1-12(2)15(13(3)4)14-10-8-6-5-7-9-11-14/h14-16H,5-13H2,1-4H3;11-15H,5-10H2,1-4H3;10-15H,8-9H2,1-7H3;12-14H,5-11H2,1-4H3/t;;12-,13?,14-,15-;/m..1./s1. The van der Waals surface area contributed by atoms with Gasteiger partial charge in [-0.2, -0.15) is 0 Å². The van der Waals surface area contributed by atoms with Crippen molar-refractivity contribution in [3.8, 4) is 0 Å². The zero-order valence-corrected chi connectivity index (χ0v) is 49.1. The normalized spacial score (nSPS) is 32.9. The van der Waals surface area contributed by atoms with Gasteiger partial charge in [-0.3, -0.25) is 19.6 Å². The van der Waals surface area contributed by atoms with Gasteiger partial charge in [0.25, 0.3) is 0 Å². The van der Waals surface area contributed by atoms with Crippen molar-refractivity contribution >= 4 is 0 Å². The molecule has 1 spiro atoms. The van der Waals surface area contributed by atoms with Gasteiger partial charge >= 0.3 is 0 Å². The lowest BCUT2D eigenvalue weighted by Crippen LogP contribution is -2.63. The summed E-state index contributed by atoms with van der Waals surface area (Å²) < 4.78 is 0. The van der Waals surface area contributed by atoms with Crippen molar-refractivity contribution in [2.45, 2.75) is 358 Å². The van der Waals surface area contributed by atoms with E-state index in [2.05, 4.69) is 151 Å². The Hall–Kier alpha value is -0.160. The van der Waals surface area contributed by atoms with Crippen LogP contribution in [0.2, 0.25) is 0 Å². The van der Waals surface area contributed by atoms with Crippen LogP contribution in [0.1, 0.15) is 286 Å². The molecule has 0 saturated heterocycles. The van der Waals surface area contributed by atoms with Crippen molar-refractivity contribution in [1.29, 1.82) is 0 Å². The van der Waals surface area contributed by atoms with Crippen LogP contribution in [0.4, 0.5) is 0 Å². The van der Waals surface area contributed by atoms with Crippen molar-refractivity contribution in [3.63, 3.8) is 0 Å². The Bertz CT molecular complexity index is 1310. The maximum Gasteiger partial charge on any atom is 0.0222 e. The molecule has 0 aromatic heterocycles. The quantitative estimate of drug-likeness (QED) is 0.193. The monoisotopic (exact) mass is 935 g/mol. The molecule has 4 atom stereocenters. The molecule has 10 fully saturated rings. The maximum atomic E-state index is 2.87. The van der Waals surface area contributed by atoms with Gasteiger partial charge < -0.3 is 0 Å². The zero-order valence-electron chi connectivity index (χ0n) is 49.1.